The highest BCUT2D eigenvalue weighted by molar-refractivity contribution is 5.98. The molecule has 2 rings (SSSR count). The second-order valence-corrected chi connectivity index (χ2v) is 4.49. The standard InChI is InChI=1S/C12H15NO2/c1-8-5-4-6-9(10(8)14)11-13-12(2,3)7-15-11/h4-6,14H,7H2,1-3H3. The number of para-hydroxylation sites is 1. The summed E-state index contributed by atoms with van der Waals surface area (Å²) in [5.41, 5.74) is 1.33. The van der Waals surface area contributed by atoms with Gasteiger partial charge in [0.15, 0.2) is 0 Å². The molecule has 0 bridgehead atoms. The maximum atomic E-state index is 9.87. The van der Waals surface area contributed by atoms with Crippen LogP contribution in [0.4, 0.5) is 0 Å². The van der Waals surface area contributed by atoms with Crippen LogP contribution in [0.25, 0.3) is 0 Å². The van der Waals surface area contributed by atoms with Crippen LogP contribution < -0.4 is 0 Å². The van der Waals surface area contributed by atoms with Gasteiger partial charge < -0.3 is 9.84 Å². The van der Waals surface area contributed by atoms with Crippen LogP contribution in [0.2, 0.25) is 0 Å². The predicted octanol–water partition coefficient (Wildman–Crippen LogP) is 2.26. The molecule has 3 nitrogen and oxygen atoms in total. The number of hydrogen-bond donors (Lipinski definition) is 1. The third kappa shape index (κ3) is 1.82. The number of rotatable bonds is 1. The summed E-state index contributed by atoms with van der Waals surface area (Å²) < 4.78 is 5.48. The Kier molecular flexibility index (Phi) is 2.18. The first-order valence-corrected chi connectivity index (χ1v) is 5.01. The molecule has 0 saturated heterocycles. The average molecular weight is 205 g/mol. The van der Waals surface area contributed by atoms with Crippen molar-refractivity contribution in [2.75, 3.05) is 6.61 Å². The van der Waals surface area contributed by atoms with E-state index in [4.69, 9.17) is 4.74 Å². The molecule has 0 radical (unpaired) electrons. The molecule has 3 heteroatoms. The monoisotopic (exact) mass is 205 g/mol. The lowest BCUT2D eigenvalue weighted by atomic mass is 10.1. The third-order valence-electron chi connectivity index (χ3n) is 2.43. The average Bonchev–Trinajstić information content (AvgIpc) is 2.51. The Bertz CT molecular complexity index is 422. The first kappa shape index (κ1) is 10.0. The highest BCUT2D eigenvalue weighted by Gasteiger charge is 2.28. The Hall–Kier alpha value is -1.51. The molecule has 1 aliphatic heterocycles. The van der Waals surface area contributed by atoms with Crippen molar-refractivity contribution in [3.63, 3.8) is 0 Å². The summed E-state index contributed by atoms with van der Waals surface area (Å²) in [5, 5.41) is 9.87. The van der Waals surface area contributed by atoms with Gasteiger partial charge in [-0.15, -0.1) is 0 Å². The normalized spacial score (nSPS) is 18.5. The zero-order chi connectivity index (χ0) is 11.1. The highest BCUT2D eigenvalue weighted by Crippen LogP contribution is 2.27. The molecule has 1 aromatic rings. The van der Waals surface area contributed by atoms with E-state index in [0.717, 1.165) is 5.56 Å². The second kappa shape index (κ2) is 3.26. The maximum absolute atomic E-state index is 9.87. The summed E-state index contributed by atoms with van der Waals surface area (Å²) in [5.74, 6) is 0.801. The van der Waals surface area contributed by atoms with Crippen molar-refractivity contribution in [1.29, 1.82) is 0 Å². The first-order valence-electron chi connectivity index (χ1n) is 5.01. The summed E-state index contributed by atoms with van der Waals surface area (Å²) in [6.45, 7) is 6.44. The van der Waals surface area contributed by atoms with Crippen molar-refractivity contribution in [3.8, 4) is 5.75 Å². The van der Waals surface area contributed by atoms with Crippen LogP contribution in [0.15, 0.2) is 23.2 Å². The topological polar surface area (TPSA) is 41.8 Å². The van der Waals surface area contributed by atoms with Crippen LogP contribution in [0.5, 0.6) is 5.75 Å². The number of ether oxygens (including phenoxy) is 1. The zero-order valence-corrected chi connectivity index (χ0v) is 9.24. The molecule has 0 saturated carbocycles. The molecule has 0 aliphatic carbocycles. The van der Waals surface area contributed by atoms with E-state index in [2.05, 4.69) is 4.99 Å². The summed E-state index contributed by atoms with van der Waals surface area (Å²) >= 11 is 0. The molecular formula is C12H15NO2. The van der Waals surface area contributed by atoms with Crippen LogP contribution in [0, 0.1) is 6.92 Å². The van der Waals surface area contributed by atoms with Crippen LogP contribution in [0.3, 0.4) is 0 Å². The molecule has 1 N–H and O–H groups in total. The van der Waals surface area contributed by atoms with Crippen LogP contribution in [-0.2, 0) is 4.74 Å². The molecule has 15 heavy (non-hydrogen) atoms. The summed E-state index contributed by atoms with van der Waals surface area (Å²) in [7, 11) is 0. The summed E-state index contributed by atoms with van der Waals surface area (Å²) in [6, 6.07) is 5.57. The molecule has 0 atom stereocenters. The van der Waals surface area contributed by atoms with E-state index in [1.165, 1.54) is 0 Å². The van der Waals surface area contributed by atoms with Gasteiger partial charge in [-0.1, -0.05) is 12.1 Å². The van der Waals surface area contributed by atoms with Gasteiger partial charge in [0.1, 0.15) is 12.4 Å². The second-order valence-electron chi connectivity index (χ2n) is 4.49. The van der Waals surface area contributed by atoms with E-state index in [-0.39, 0.29) is 11.3 Å². The highest BCUT2D eigenvalue weighted by atomic mass is 16.5. The molecule has 0 amide bonds. The van der Waals surface area contributed by atoms with E-state index in [9.17, 15) is 5.11 Å². The van der Waals surface area contributed by atoms with Gasteiger partial charge in [0.25, 0.3) is 0 Å². The quantitative estimate of drug-likeness (QED) is 0.764. The van der Waals surface area contributed by atoms with E-state index in [1.54, 1.807) is 0 Å². The molecule has 0 spiro atoms. The van der Waals surface area contributed by atoms with Crippen molar-refractivity contribution in [3.05, 3.63) is 29.3 Å². The van der Waals surface area contributed by atoms with E-state index in [1.807, 2.05) is 39.0 Å². The summed E-state index contributed by atoms with van der Waals surface area (Å²) in [4.78, 5) is 4.43. The van der Waals surface area contributed by atoms with E-state index in [0.29, 0.717) is 18.1 Å². The number of benzene rings is 1. The van der Waals surface area contributed by atoms with E-state index >= 15 is 0 Å². The van der Waals surface area contributed by atoms with Crippen LogP contribution >= 0.6 is 0 Å². The molecule has 0 aromatic heterocycles. The van der Waals surface area contributed by atoms with Crippen molar-refractivity contribution in [2.24, 2.45) is 4.99 Å². The Morgan fingerprint density at radius 2 is 2.13 bits per heavy atom. The van der Waals surface area contributed by atoms with Gasteiger partial charge in [0.2, 0.25) is 5.90 Å². The largest absolute Gasteiger partial charge is 0.507 e. The number of phenolic OH excluding ortho intramolecular Hbond substituents is 1. The zero-order valence-electron chi connectivity index (χ0n) is 9.24. The summed E-state index contributed by atoms with van der Waals surface area (Å²) in [6.07, 6.45) is 0. The first-order chi connectivity index (χ1) is 6.99. The lowest BCUT2D eigenvalue weighted by Crippen LogP contribution is -2.17. The minimum Gasteiger partial charge on any atom is -0.507 e. The minimum atomic E-state index is -0.189. The minimum absolute atomic E-state index is 0.189. The number of aliphatic imine (C=N–C) groups is 1. The SMILES string of the molecule is Cc1cccc(C2=NC(C)(C)CO2)c1O. The van der Waals surface area contributed by atoms with Crippen molar-refractivity contribution >= 4 is 5.90 Å². The van der Waals surface area contributed by atoms with Crippen LogP contribution in [0.1, 0.15) is 25.0 Å². The lowest BCUT2D eigenvalue weighted by Gasteiger charge is -2.07. The number of phenols is 1. The Labute approximate surface area is 89.4 Å². The number of aromatic hydroxyl groups is 1. The molecule has 1 aromatic carbocycles. The Balaban J connectivity index is 2.44. The van der Waals surface area contributed by atoms with Crippen molar-refractivity contribution < 1.29 is 9.84 Å². The van der Waals surface area contributed by atoms with E-state index < -0.39 is 0 Å². The molecule has 80 valence electrons. The van der Waals surface area contributed by atoms with Crippen LogP contribution in [-0.4, -0.2) is 23.2 Å². The molecule has 0 fully saturated rings. The van der Waals surface area contributed by atoms with Gasteiger partial charge in [-0.05, 0) is 32.4 Å². The fourth-order valence-electron chi connectivity index (χ4n) is 1.55. The fourth-order valence-corrected chi connectivity index (χ4v) is 1.55. The van der Waals surface area contributed by atoms with Crippen molar-refractivity contribution in [1.82, 2.24) is 0 Å². The van der Waals surface area contributed by atoms with Gasteiger partial charge in [0.05, 0.1) is 11.1 Å². The van der Waals surface area contributed by atoms with Gasteiger partial charge in [-0.25, -0.2) is 4.99 Å². The molecule has 1 heterocycles. The Morgan fingerprint density at radius 3 is 2.73 bits per heavy atom. The number of hydrogen-bond acceptors (Lipinski definition) is 3. The smallest absolute Gasteiger partial charge is 0.220 e. The molecule has 1 aliphatic rings. The van der Waals surface area contributed by atoms with Crippen molar-refractivity contribution in [2.45, 2.75) is 26.3 Å². The molecule has 0 unspecified atom stereocenters. The predicted molar refractivity (Wildman–Crippen MR) is 59.4 cm³/mol. The van der Waals surface area contributed by atoms with Gasteiger partial charge in [-0.3, -0.25) is 0 Å². The fraction of sp³-hybridized carbons (Fsp3) is 0.417. The Morgan fingerprint density at radius 1 is 1.40 bits per heavy atom. The third-order valence-corrected chi connectivity index (χ3v) is 2.43. The lowest BCUT2D eigenvalue weighted by molar-refractivity contribution is 0.279. The maximum Gasteiger partial charge on any atom is 0.220 e. The number of nitrogens with zero attached hydrogens (tertiary/aromatic N) is 1. The van der Waals surface area contributed by atoms with Gasteiger partial charge in [-0.2, -0.15) is 0 Å². The molecular weight excluding hydrogens is 190 g/mol. The van der Waals surface area contributed by atoms with Gasteiger partial charge >= 0.3 is 0 Å². The van der Waals surface area contributed by atoms with Gasteiger partial charge in [0, 0.05) is 0 Å². The number of aryl methyl sites for hydroxylation is 1.